The van der Waals surface area contributed by atoms with E-state index in [2.05, 4.69) is 23.3 Å². The minimum absolute atomic E-state index is 0.206. The number of rotatable bonds is 4. The molecule has 21 heavy (non-hydrogen) atoms. The summed E-state index contributed by atoms with van der Waals surface area (Å²) in [6, 6.07) is 11.8. The normalized spacial score (nSPS) is 12.7. The van der Waals surface area contributed by atoms with Gasteiger partial charge in [-0.15, -0.1) is 0 Å². The predicted molar refractivity (Wildman–Crippen MR) is 86.9 cm³/mol. The summed E-state index contributed by atoms with van der Waals surface area (Å²) in [6.45, 7) is 2.80. The molecule has 0 saturated heterocycles. The van der Waals surface area contributed by atoms with Gasteiger partial charge in [-0.3, -0.25) is 0 Å². The van der Waals surface area contributed by atoms with Crippen molar-refractivity contribution in [3.05, 3.63) is 70.1 Å². The fraction of sp³-hybridized carbons (Fsp3) is 0.188. The highest BCUT2D eigenvalue weighted by molar-refractivity contribution is 6.30. The monoisotopic (exact) mass is 319 g/mol. The summed E-state index contributed by atoms with van der Waals surface area (Å²) in [5, 5.41) is 4.90. The lowest BCUT2D eigenvalue weighted by Crippen LogP contribution is -2.18. The first-order valence-electron chi connectivity index (χ1n) is 6.74. The summed E-state index contributed by atoms with van der Waals surface area (Å²) < 4.78 is 1.93. The Bertz CT molecular complexity index is 767. The Kier molecular flexibility index (Phi) is 4.15. The number of nitrogens with one attached hydrogen (secondary N) is 1. The van der Waals surface area contributed by atoms with Crippen LogP contribution in [0, 0.1) is 0 Å². The van der Waals surface area contributed by atoms with Crippen molar-refractivity contribution < 1.29 is 0 Å². The number of hydrogen-bond donors (Lipinski definition) is 1. The standard InChI is InChI=1S/C16H15Cl2N3/c1-11(12-3-2-4-13(17)7-12)19-8-15-10-21-9-14(18)5-6-16(21)20-15/h2-7,9-11,19H,8H2,1H3/t11-/m0/s1. The highest BCUT2D eigenvalue weighted by Gasteiger charge is 2.07. The Labute approximate surface area is 133 Å². The summed E-state index contributed by atoms with van der Waals surface area (Å²) in [6.07, 6.45) is 3.84. The molecule has 5 heteroatoms. The minimum Gasteiger partial charge on any atom is -0.305 e. The molecular weight excluding hydrogens is 305 g/mol. The van der Waals surface area contributed by atoms with Gasteiger partial charge in [0.15, 0.2) is 0 Å². The van der Waals surface area contributed by atoms with Crippen LogP contribution in [-0.2, 0) is 6.54 Å². The van der Waals surface area contributed by atoms with Gasteiger partial charge in [0.05, 0.1) is 10.7 Å². The first-order valence-corrected chi connectivity index (χ1v) is 7.49. The van der Waals surface area contributed by atoms with Crippen LogP contribution in [0.3, 0.4) is 0 Å². The molecular formula is C16H15Cl2N3. The fourth-order valence-corrected chi connectivity index (χ4v) is 2.62. The van der Waals surface area contributed by atoms with E-state index >= 15 is 0 Å². The number of halogens is 2. The third kappa shape index (κ3) is 3.38. The van der Waals surface area contributed by atoms with Crippen LogP contribution in [-0.4, -0.2) is 9.38 Å². The molecule has 0 saturated carbocycles. The zero-order valence-corrected chi connectivity index (χ0v) is 13.1. The molecule has 0 aliphatic carbocycles. The van der Waals surface area contributed by atoms with Crippen molar-refractivity contribution in [3.63, 3.8) is 0 Å². The van der Waals surface area contributed by atoms with E-state index < -0.39 is 0 Å². The number of pyridine rings is 1. The lowest BCUT2D eigenvalue weighted by molar-refractivity contribution is 0.569. The zero-order chi connectivity index (χ0) is 14.8. The van der Waals surface area contributed by atoms with Crippen LogP contribution in [0.5, 0.6) is 0 Å². The lowest BCUT2D eigenvalue weighted by atomic mass is 10.1. The molecule has 2 aromatic heterocycles. The van der Waals surface area contributed by atoms with Gasteiger partial charge >= 0.3 is 0 Å². The van der Waals surface area contributed by atoms with E-state index in [9.17, 15) is 0 Å². The fourth-order valence-electron chi connectivity index (χ4n) is 2.25. The van der Waals surface area contributed by atoms with E-state index in [0.717, 1.165) is 21.9 Å². The molecule has 2 heterocycles. The SMILES string of the molecule is C[C@H](NCc1cn2cc(Cl)ccc2n1)c1cccc(Cl)c1. The third-order valence-electron chi connectivity index (χ3n) is 3.40. The minimum atomic E-state index is 0.206. The number of nitrogens with zero attached hydrogens (tertiary/aromatic N) is 2. The van der Waals surface area contributed by atoms with E-state index in [1.54, 1.807) is 0 Å². The highest BCUT2D eigenvalue weighted by Crippen LogP contribution is 2.18. The Morgan fingerprint density at radius 2 is 2.00 bits per heavy atom. The number of imidazole rings is 1. The van der Waals surface area contributed by atoms with Crippen LogP contribution in [0.4, 0.5) is 0 Å². The summed E-state index contributed by atoms with van der Waals surface area (Å²) >= 11 is 12.0. The lowest BCUT2D eigenvalue weighted by Gasteiger charge is -2.13. The largest absolute Gasteiger partial charge is 0.305 e. The molecule has 0 amide bonds. The van der Waals surface area contributed by atoms with E-state index in [4.69, 9.17) is 23.2 Å². The molecule has 1 aromatic carbocycles. The van der Waals surface area contributed by atoms with Crippen molar-refractivity contribution in [3.8, 4) is 0 Å². The number of fused-ring (bicyclic) bond motifs is 1. The molecule has 0 aliphatic heterocycles. The number of hydrogen-bond acceptors (Lipinski definition) is 2. The van der Waals surface area contributed by atoms with E-state index in [-0.39, 0.29) is 6.04 Å². The topological polar surface area (TPSA) is 29.3 Å². The predicted octanol–water partition coefficient (Wildman–Crippen LogP) is 4.49. The summed E-state index contributed by atoms with van der Waals surface area (Å²) in [5.41, 5.74) is 3.03. The third-order valence-corrected chi connectivity index (χ3v) is 3.86. The highest BCUT2D eigenvalue weighted by atomic mass is 35.5. The summed E-state index contributed by atoms with van der Waals surface area (Å²) in [4.78, 5) is 4.55. The van der Waals surface area contributed by atoms with Gasteiger partial charge in [-0.05, 0) is 36.8 Å². The molecule has 3 aromatic rings. The molecule has 0 aliphatic rings. The average Bonchev–Trinajstić information content (AvgIpc) is 2.86. The molecule has 0 spiro atoms. The second-order valence-electron chi connectivity index (χ2n) is 5.00. The maximum atomic E-state index is 6.02. The van der Waals surface area contributed by atoms with Gasteiger partial charge in [0.1, 0.15) is 5.65 Å². The van der Waals surface area contributed by atoms with Crippen molar-refractivity contribution in [1.29, 1.82) is 0 Å². The Hall–Kier alpha value is -1.55. The van der Waals surface area contributed by atoms with Crippen molar-refractivity contribution in [2.24, 2.45) is 0 Å². The zero-order valence-electron chi connectivity index (χ0n) is 11.6. The summed E-state index contributed by atoms with van der Waals surface area (Å²) in [7, 11) is 0. The molecule has 0 unspecified atom stereocenters. The quantitative estimate of drug-likeness (QED) is 0.767. The van der Waals surface area contributed by atoms with Crippen LogP contribution < -0.4 is 5.32 Å². The molecule has 0 radical (unpaired) electrons. The maximum Gasteiger partial charge on any atom is 0.137 e. The number of aromatic nitrogens is 2. The molecule has 0 bridgehead atoms. The van der Waals surface area contributed by atoms with Crippen molar-refractivity contribution in [1.82, 2.24) is 14.7 Å². The van der Waals surface area contributed by atoms with Gasteiger partial charge in [-0.25, -0.2) is 4.98 Å². The Morgan fingerprint density at radius 1 is 1.14 bits per heavy atom. The van der Waals surface area contributed by atoms with Gasteiger partial charge in [-0.1, -0.05) is 35.3 Å². The van der Waals surface area contributed by atoms with Crippen LogP contribution in [0.1, 0.15) is 24.2 Å². The smallest absolute Gasteiger partial charge is 0.137 e. The van der Waals surface area contributed by atoms with Gasteiger partial charge < -0.3 is 9.72 Å². The van der Waals surface area contributed by atoms with Gasteiger partial charge in [0.25, 0.3) is 0 Å². The molecule has 3 nitrogen and oxygen atoms in total. The van der Waals surface area contributed by atoms with Gasteiger partial charge in [0, 0.05) is 30.0 Å². The second kappa shape index (κ2) is 6.06. The van der Waals surface area contributed by atoms with E-state index in [1.807, 2.05) is 47.1 Å². The summed E-state index contributed by atoms with van der Waals surface area (Å²) in [5.74, 6) is 0. The van der Waals surface area contributed by atoms with Crippen molar-refractivity contribution in [2.75, 3.05) is 0 Å². The van der Waals surface area contributed by atoms with Gasteiger partial charge in [0.2, 0.25) is 0 Å². The molecule has 3 rings (SSSR count). The van der Waals surface area contributed by atoms with Gasteiger partial charge in [-0.2, -0.15) is 0 Å². The number of benzene rings is 1. The van der Waals surface area contributed by atoms with Crippen molar-refractivity contribution >= 4 is 28.8 Å². The molecule has 108 valence electrons. The van der Waals surface area contributed by atoms with Crippen LogP contribution in [0.15, 0.2) is 48.8 Å². The van der Waals surface area contributed by atoms with Crippen LogP contribution in [0.2, 0.25) is 10.0 Å². The Morgan fingerprint density at radius 3 is 2.81 bits per heavy atom. The Balaban J connectivity index is 1.71. The van der Waals surface area contributed by atoms with Crippen LogP contribution >= 0.6 is 23.2 Å². The first kappa shape index (κ1) is 14.4. The maximum absolute atomic E-state index is 6.02. The first-order chi connectivity index (χ1) is 10.1. The molecule has 0 fully saturated rings. The van der Waals surface area contributed by atoms with E-state index in [0.29, 0.717) is 11.6 Å². The second-order valence-corrected chi connectivity index (χ2v) is 5.88. The average molecular weight is 320 g/mol. The molecule has 1 N–H and O–H groups in total. The van der Waals surface area contributed by atoms with Crippen LogP contribution in [0.25, 0.3) is 5.65 Å². The van der Waals surface area contributed by atoms with E-state index in [1.165, 1.54) is 0 Å². The molecule has 1 atom stereocenters. The van der Waals surface area contributed by atoms with Crippen molar-refractivity contribution in [2.45, 2.75) is 19.5 Å².